The summed E-state index contributed by atoms with van der Waals surface area (Å²) in [6.45, 7) is 0.857. The van der Waals surface area contributed by atoms with E-state index in [4.69, 9.17) is 10.9 Å². The molecule has 0 fully saturated rings. The second kappa shape index (κ2) is 7.74. The van der Waals surface area contributed by atoms with Crippen LogP contribution in [0.25, 0.3) is 11.1 Å². The molecule has 0 radical (unpaired) electrons. The Bertz CT molecular complexity index is 1070. The van der Waals surface area contributed by atoms with Gasteiger partial charge in [0.15, 0.2) is 5.84 Å². The number of aryl methyl sites for hydroxylation is 1. The van der Waals surface area contributed by atoms with Gasteiger partial charge in [0, 0.05) is 23.5 Å². The largest absolute Gasteiger partial charge is 0.416 e. The molecule has 4 rings (SSSR count). The third-order valence-corrected chi connectivity index (χ3v) is 5.33. The van der Waals surface area contributed by atoms with E-state index >= 15 is 0 Å². The molecular weight excluding hydrogens is 391 g/mol. The van der Waals surface area contributed by atoms with Crippen molar-refractivity contribution in [3.63, 3.8) is 0 Å². The molecule has 154 valence electrons. The molecule has 0 bridgehead atoms. The van der Waals surface area contributed by atoms with Gasteiger partial charge in [-0.2, -0.15) is 13.2 Å². The number of oxime groups is 1. The highest BCUT2D eigenvalue weighted by atomic mass is 19.4. The van der Waals surface area contributed by atoms with Gasteiger partial charge < -0.3 is 15.8 Å². The lowest BCUT2D eigenvalue weighted by Crippen LogP contribution is -2.24. The first-order valence-electron chi connectivity index (χ1n) is 9.53. The number of nitrogens with two attached hydrogens (primary N) is 1. The Morgan fingerprint density at radius 2 is 1.60 bits per heavy atom. The van der Waals surface area contributed by atoms with E-state index in [1.165, 1.54) is 12.1 Å². The van der Waals surface area contributed by atoms with Crippen LogP contribution in [0.2, 0.25) is 0 Å². The molecule has 3 N–H and O–H groups in total. The summed E-state index contributed by atoms with van der Waals surface area (Å²) in [5, 5.41) is 11.8. The average Bonchev–Trinajstić information content (AvgIpc) is 2.77. The monoisotopic (exact) mass is 411 g/mol. The van der Waals surface area contributed by atoms with Crippen molar-refractivity contribution in [2.45, 2.75) is 19.0 Å². The quantitative estimate of drug-likeness (QED) is 0.257. The second-order valence-corrected chi connectivity index (χ2v) is 7.21. The molecule has 0 unspecified atom stereocenters. The summed E-state index contributed by atoms with van der Waals surface area (Å²) in [5.41, 5.74) is 10.5. The van der Waals surface area contributed by atoms with E-state index in [1.54, 1.807) is 12.1 Å². The Morgan fingerprint density at radius 3 is 2.23 bits per heavy atom. The van der Waals surface area contributed by atoms with Crippen molar-refractivity contribution in [2.75, 3.05) is 11.4 Å². The molecule has 0 saturated heterocycles. The Labute approximate surface area is 172 Å². The van der Waals surface area contributed by atoms with Crippen molar-refractivity contribution >= 4 is 17.2 Å². The number of benzene rings is 3. The fourth-order valence-corrected chi connectivity index (χ4v) is 3.77. The number of alkyl halides is 3. The standard InChI is InChI=1S/C23H20F3N3O/c24-23(25,26)19-8-3-15(4-9-19)17-7-12-21-18(14-17)2-1-13-29(21)20-10-5-16(6-11-20)22(27)28-30/h3-12,14,30H,1-2,13H2,(H2,27,28). The van der Waals surface area contributed by atoms with Crippen LogP contribution in [0.1, 0.15) is 23.1 Å². The molecule has 1 aliphatic heterocycles. The molecule has 0 spiro atoms. The summed E-state index contributed by atoms with van der Waals surface area (Å²) in [6.07, 6.45) is -2.47. The predicted octanol–water partition coefficient (Wildman–Crippen LogP) is 5.55. The molecule has 1 aliphatic rings. The van der Waals surface area contributed by atoms with Crippen molar-refractivity contribution in [3.8, 4) is 11.1 Å². The van der Waals surface area contributed by atoms with Gasteiger partial charge >= 0.3 is 6.18 Å². The molecule has 3 aromatic carbocycles. The summed E-state index contributed by atoms with van der Waals surface area (Å²) in [7, 11) is 0. The minimum absolute atomic E-state index is 0.0572. The van der Waals surface area contributed by atoms with Crippen molar-refractivity contribution in [1.29, 1.82) is 0 Å². The van der Waals surface area contributed by atoms with Crippen LogP contribution in [0.3, 0.4) is 0 Å². The number of halogens is 3. The first-order chi connectivity index (χ1) is 14.4. The molecule has 4 nitrogen and oxygen atoms in total. The van der Waals surface area contributed by atoms with E-state index in [-0.39, 0.29) is 5.84 Å². The first-order valence-corrected chi connectivity index (χ1v) is 9.53. The van der Waals surface area contributed by atoms with Crippen LogP contribution in [0.5, 0.6) is 0 Å². The summed E-state index contributed by atoms with van der Waals surface area (Å²) in [6, 6.07) is 18.7. The third-order valence-electron chi connectivity index (χ3n) is 5.33. The molecule has 0 aromatic heterocycles. The lowest BCUT2D eigenvalue weighted by molar-refractivity contribution is -0.137. The van der Waals surface area contributed by atoms with E-state index in [2.05, 4.69) is 16.1 Å². The smallest absolute Gasteiger partial charge is 0.409 e. The van der Waals surface area contributed by atoms with Crippen LogP contribution in [0.4, 0.5) is 24.5 Å². The van der Waals surface area contributed by atoms with Gasteiger partial charge in [0.05, 0.1) is 5.56 Å². The van der Waals surface area contributed by atoms with Gasteiger partial charge in [0.25, 0.3) is 0 Å². The van der Waals surface area contributed by atoms with Crippen LogP contribution < -0.4 is 10.6 Å². The summed E-state index contributed by atoms with van der Waals surface area (Å²) in [5.74, 6) is 0.0572. The maximum Gasteiger partial charge on any atom is 0.416 e. The van der Waals surface area contributed by atoms with Crippen molar-refractivity contribution < 1.29 is 18.4 Å². The van der Waals surface area contributed by atoms with Crippen molar-refractivity contribution in [1.82, 2.24) is 0 Å². The zero-order chi connectivity index (χ0) is 21.3. The van der Waals surface area contributed by atoms with Crippen molar-refractivity contribution in [3.05, 3.63) is 83.4 Å². The van der Waals surface area contributed by atoms with Gasteiger partial charge in [-0.25, -0.2) is 0 Å². The van der Waals surface area contributed by atoms with Gasteiger partial charge in [-0.3, -0.25) is 0 Å². The zero-order valence-electron chi connectivity index (χ0n) is 16.0. The fraction of sp³-hybridized carbons (Fsp3) is 0.174. The number of nitrogens with zero attached hydrogens (tertiary/aromatic N) is 2. The number of hydrogen-bond donors (Lipinski definition) is 2. The molecule has 30 heavy (non-hydrogen) atoms. The Hall–Kier alpha value is -3.48. The highest BCUT2D eigenvalue weighted by molar-refractivity contribution is 5.97. The van der Waals surface area contributed by atoms with Crippen LogP contribution in [-0.2, 0) is 12.6 Å². The normalized spacial score (nSPS) is 14.5. The minimum atomic E-state index is -4.34. The Morgan fingerprint density at radius 1 is 0.933 bits per heavy atom. The Kier molecular flexibility index (Phi) is 5.11. The fourth-order valence-electron chi connectivity index (χ4n) is 3.77. The highest BCUT2D eigenvalue weighted by Crippen LogP contribution is 2.37. The van der Waals surface area contributed by atoms with Gasteiger partial charge in [-0.1, -0.05) is 23.4 Å². The first kappa shape index (κ1) is 19.8. The predicted molar refractivity (Wildman–Crippen MR) is 111 cm³/mol. The molecule has 0 saturated carbocycles. The zero-order valence-corrected chi connectivity index (χ0v) is 16.0. The molecule has 0 amide bonds. The van der Waals surface area contributed by atoms with Crippen LogP contribution in [-0.4, -0.2) is 17.6 Å². The van der Waals surface area contributed by atoms with E-state index < -0.39 is 11.7 Å². The van der Waals surface area contributed by atoms with E-state index in [1.807, 2.05) is 24.3 Å². The van der Waals surface area contributed by atoms with E-state index in [9.17, 15) is 13.2 Å². The summed E-state index contributed by atoms with van der Waals surface area (Å²) >= 11 is 0. The van der Waals surface area contributed by atoms with Crippen LogP contribution in [0.15, 0.2) is 71.9 Å². The highest BCUT2D eigenvalue weighted by Gasteiger charge is 2.30. The van der Waals surface area contributed by atoms with Crippen LogP contribution in [0, 0.1) is 0 Å². The number of rotatable bonds is 3. The minimum Gasteiger partial charge on any atom is -0.409 e. The SMILES string of the molecule is NC(=NO)c1ccc(N2CCCc3cc(-c4ccc(C(F)(F)F)cc4)ccc32)cc1. The maximum atomic E-state index is 12.8. The average molecular weight is 411 g/mol. The molecular formula is C23H20F3N3O. The molecule has 3 aromatic rings. The molecule has 1 heterocycles. The van der Waals surface area contributed by atoms with Crippen molar-refractivity contribution in [2.24, 2.45) is 10.9 Å². The third kappa shape index (κ3) is 3.83. The molecule has 7 heteroatoms. The summed E-state index contributed by atoms with van der Waals surface area (Å²) in [4.78, 5) is 2.20. The molecule has 0 atom stereocenters. The van der Waals surface area contributed by atoms with E-state index in [0.29, 0.717) is 5.56 Å². The lowest BCUT2D eigenvalue weighted by Gasteiger charge is -2.32. The van der Waals surface area contributed by atoms with Gasteiger partial charge in [0.1, 0.15) is 0 Å². The number of fused-ring (bicyclic) bond motifs is 1. The second-order valence-electron chi connectivity index (χ2n) is 7.21. The maximum absolute atomic E-state index is 12.8. The summed E-state index contributed by atoms with van der Waals surface area (Å²) < 4.78 is 38.4. The van der Waals surface area contributed by atoms with E-state index in [0.717, 1.165) is 59.6 Å². The Balaban J connectivity index is 1.63. The number of anilines is 2. The van der Waals surface area contributed by atoms with Gasteiger partial charge in [0.2, 0.25) is 0 Å². The number of amidine groups is 1. The van der Waals surface area contributed by atoms with Gasteiger partial charge in [-0.15, -0.1) is 0 Å². The van der Waals surface area contributed by atoms with Gasteiger partial charge in [-0.05, 0) is 78.1 Å². The number of hydrogen-bond acceptors (Lipinski definition) is 3. The lowest BCUT2D eigenvalue weighted by atomic mass is 9.95. The topological polar surface area (TPSA) is 61.9 Å². The molecule has 0 aliphatic carbocycles. The van der Waals surface area contributed by atoms with Crippen LogP contribution >= 0.6 is 0 Å².